The van der Waals surface area contributed by atoms with Gasteiger partial charge >= 0.3 is 0 Å². The second-order valence-electron chi connectivity index (χ2n) is 3.52. The van der Waals surface area contributed by atoms with Crippen molar-refractivity contribution in [1.82, 2.24) is 14.8 Å². The van der Waals surface area contributed by atoms with Crippen molar-refractivity contribution >= 4 is 0 Å². The third-order valence-electron chi connectivity index (χ3n) is 2.29. The predicted octanol–water partition coefficient (Wildman–Crippen LogP) is 1.71. The van der Waals surface area contributed by atoms with E-state index in [1.165, 1.54) is 11.1 Å². The van der Waals surface area contributed by atoms with Gasteiger partial charge < -0.3 is 4.57 Å². The van der Waals surface area contributed by atoms with Gasteiger partial charge in [-0.25, -0.2) is 0 Å². The van der Waals surface area contributed by atoms with Crippen molar-refractivity contribution < 1.29 is 0 Å². The largest absolute Gasteiger partial charge is 0.320 e. The molecule has 2 aromatic rings. The SMILES string of the molecule is Cc1ccc(Cc2nncn2C)cc1. The van der Waals surface area contributed by atoms with Crippen molar-refractivity contribution in [2.45, 2.75) is 13.3 Å². The van der Waals surface area contributed by atoms with E-state index in [1.54, 1.807) is 6.33 Å². The number of nitrogens with zero attached hydrogens (tertiary/aromatic N) is 3. The van der Waals surface area contributed by atoms with E-state index in [-0.39, 0.29) is 0 Å². The summed E-state index contributed by atoms with van der Waals surface area (Å²) < 4.78 is 1.94. The Bertz CT molecular complexity index is 414. The molecule has 0 aliphatic rings. The van der Waals surface area contributed by atoms with E-state index in [9.17, 15) is 0 Å². The van der Waals surface area contributed by atoms with Crippen LogP contribution in [0.1, 0.15) is 17.0 Å². The smallest absolute Gasteiger partial charge is 0.136 e. The van der Waals surface area contributed by atoms with Crippen molar-refractivity contribution in [1.29, 1.82) is 0 Å². The van der Waals surface area contributed by atoms with Gasteiger partial charge in [0.25, 0.3) is 0 Å². The molecule has 1 heterocycles. The van der Waals surface area contributed by atoms with Crippen LogP contribution in [0, 0.1) is 6.92 Å². The highest BCUT2D eigenvalue weighted by Crippen LogP contribution is 2.07. The molecule has 1 aromatic carbocycles. The molecule has 0 fully saturated rings. The first-order chi connectivity index (χ1) is 6.75. The van der Waals surface area contributed by atoms with E-state index in [2.05, 4.69) is 41.4 Å². The van der Waals surface area contributed by atoms with E-state index >= 15 is 0 Å². The van der Waals surface area contributed by atoms with Crippen LogP contribution in [0.2, 0.25) is 0 Å². The third kappa shape index (κ3) is 1.82. The Morgan fingerprint density at radius 1 is 1.21 bits per heavy atom. The molecule has 2 rings (SSSR count). The van der Waals surface area contributed by atoms with Gasteiger partial charge in [0.15, 0.2) is 0 Å². The number of benzene rings is 1. The standard InChI is InChI=1S/C11H13N3/c1-9-3-5-10(6-4-9)7-11-13-12-8-14(11)2/h3-6,8H,7H2,1-2H3. The van der Waals surface area contributed by atoms with Crippen LogP contribution >= 0.6 is 0 Å². The molecule has 0 amide bonds. The number of hydrogen-bond donors (Lipinski definition) is 0. The molecule has 0 saturated heterocycles. The average Bonchev–Trinajstić information content (AvgIpc) is 2.56. The molecule has 0 spiro atoms. The minimum absolute atomic E-state index is 0.844. The van der Waals surface area contributed by atoms with E-state index in [0.29, 0.717) is 0 Å². The normalized spacial score (nSPS) is 10.4. The van der Waals surface area contributed by atoms with Crippen LogP contribution < -0.4 is 0 Å². The Kier molecular flexibility index (Phi) is 2.31. The van der Waals surface area contributed by atoms with E-state index in [4.69, 9.17) is 0 Å². The molecule has 1 aromatic heterocycles. The minimum atomic E-state index is 0.844. The number of aryl methyl sites for hydroxylation is 2. The van der Waals surface area contributed by atoms with Crippen LogP contribution in [0.15, 0.2) is 30.6 Å². The van der Waals surface area contributed by atoms with Gasteiger partial charge in [-0.05, 0) is 12.5 Å². The summed E-state index contributed by atoms with van der Waals surface area (Å²) in [6.45, 7) is 2.09. The molecule has 0 aliphatic carbocycles. The Labute approximate surface area is 83.4 Å². The van der Waals surface area contributed by atoms with Crippen LogP contribution in [0.5, 0.6) is 0 Å². The maximum absolute atomic E-state index is 4.05. The van der Waals surface area contributed by atoms with Gasteiger partial charge in [0.05, 0.1) is 0 Å². The first-order valence-electron chi connectivity index (χ1n) is 4.64. The quantitative estimate of drug-likeness (QED) is 0.716. The molecule has 3 heteroatoms. The molecule has 0 atom stereocenters. The van der Waals surface area contributed by atoms with Gasteiger partial charge in [0, 0.05) is 13.5 Å². The van der Waals surface area contributed by atoms with Gasteiger partial charge in [-0.2, -0.15) is 0 Å². The highest BCUT2D eigenvalue weighted by Gasteiger charge is 2.01. The van der Waals surface area contributed by atoms with Gasteiger partial charge in [-0.3, -0.25) is 0 Å². The van der Waals surface area contributed by atoms with Crippen molar-refractivity contribution in [2.24, 2.45) is 7.05 Å². The summed E-state index contributed by atoms with van der Waals surface area (Å²) in [5, 5.41) is 7.89. The lowest BCUT2D eigenvalue weighted by molar-refractivity contribution is 0.821. The Hall–Kier alpha value is -1.64. The van der Waals surface area contributed by atoms with E-state index < -0.39 is 0 Å². The van der Waals surface area contributed by atoms with Gasteiger partial charge in [0.1, 0.15) is 12.2 Å². The molecule has 3 nitrogen and oxygen atoms in total. The summed E-state index contributed by atoms with van der Waals surface area (Å²) >= 11 is 0. The fourth-order valence-corrected chi connectivity index (χ4v) is 1.36. The fourth-order valence-electron chi connectivity index (χ4n) is 1.36. The van der Waals surface area contributed by atoms with Crippen LogP contribution in [-0.4, -0.2) is 14.8 Å². The van der Waals surface area contributed by atoms with Crippen LogP contribution in [0.4, 0.5) is 0 Å². The zero-order valence-electron chi connectivity index (χ0n) is 8.44. The Morgan fingerprint density at radius 3 is 2.50 bits per heavy atom. The molecule has 0 unspecified atom stereocenters. The molecular formula is C11H13N3. The summed E-state index contributed by atoms with van der Waals surface area (Å²) in [5.41, 5.74) is 2.55. The van der Waals surface area contributed by atoms with Crippen molar-refractivity contribution in [3.05, 3.63) is 47.5 Å². The highest BCUT2D eigenvalue weighted by molar-refractivity contribution is 5.23. The maximum Gasteiger partial charge on any atom is 0.136 e. The number of rotatable bonds is 2. The van der Waals surface area contributed by atoms with Gasteiger partial charge in [0.2, 0.25) is 0 Å². The Morgan fingerprint density at radius 2 is 1.93 bits per heavy atom. The topological polar surface area (TPSA) is 30.7 Å². The molecule has 0 saturated carbocycles. The lowest BCUT2D eigenvalue weighted by Gasteiger charge is -2.01. The van der Waals surface area contributed by atoms with Gasteiger partial charge in [-0.1, -0.05) is 29.8 Å². The zero-order valence-corrected chi connectivity index (χ0v) is 8.44. The summed E-state index contributed by atoms with van der Waals surface area (Å²) in [6, 6.07) is 8.49. The second kappa shape index (κ2) is 3.62. The predicted molar refractivity (Wildman–Crippen MR) is 55.0 cm³/mol. The van der Waals surface area contributed by atoms with Crippen LogP contribution in [0.25, 0.3) is 0 Å². The average molecular weight is 187 g/mol. The van der Waals surface area contributed by atoms with Crippen molar-refractivity contribution in [3.8, 4) is 0 Å². The summed E-state index contributed by atoms with van der Waals surface area (Å²) in [6.07, 6.45) is 2.57. The molecule has 14 heavy (non-hydrogen) atoms. The molecule has 0 N–H and O–H groups in total. The lowest BCUT2D eigenvalue weighted by Crippen LogP contribution is -1.98. The third-order valence-corrected chi connectivity index (χ3v) is 2.29. The lowest BCUT2D eigenvalue weighted by atomic mass is 10.1. The fraction of sp³-hybridized carbons (Fsp3) is 0.273. The molecule has 72 valence electrons. The zero-order chi connectivity index (χ0) is 9.97. The molecule has 0 aliphatic heterocycles. The molecular weight excluding hydrogens is 174 g/mol. The Balaban J connectivity index is 2.19. The number of aromatic nitrogens is 3. The number of hydrogen-bond acceptors (Lipinski definition) is 2. The first-order valence-corrected chi connectivity index (χ1v) is 4.64. The van der Waals surface area contributed by atoms with Crippen molar-refractivity contribution in [2.75, 3.05) is 0 Å². The van der Waals surface area contributed by atoms with Crippen LogP contribution in [0.3, 0.4) is 0 Å². The van der Waals surface area contributed by atoms with Crippen molar-refractivity contribution in [3.63, 3.8) is 0 Å². The summed E-state index contributed by atoms with van der Waals surface area (Å²) in [4.78, 5) is 0. The molecule has 0 bridgehead atoms. The summed E-state index contributed by atoms with van der Waals surface area (Å²) in [5.74, 6) is 0.994. The second-order valence-corrected chi connectivity index (χ2v) is 3.52. The summed E-state index contributed by atoms with van der Waals surface area (Å²) in [7, 11) is 1.96. The maximum atomic E-state index is 4.05. The highest BCUT2D eigenvalue weighted by atomic mass is 15.2. The van der Waals surface area contributed by atoms with Crippen LogP contribution in [-0.2, 0) is 13.5 Å². The monoisotopic (exact) mass is 187 g/mol. The molecule has 0 radical (unpaired) electrons. The van der Waals surface area contributed by atoms with Gasteiger partial charge in [-0.15, -0.1) is 10.2 Å². The van der Waals surface area contributed by atoms with E-state index in [1.807, 2.05) is 11.6 Å². The first kappa shape index (κ1) is 8.94. The minimum Gasteiger partial charge on any atom is -0.320 e. The van der Waals surface area contributed by atoms with E-state index in [0.717, 1.165) is 12.2 Å².